The van der Waals surface area contributed by atoms with E-state index >= 15 is 0 Å². The fourth-order valence-electron chi connectivity index (χ4n) is 4.57. The Morgan fingerprint density at radius 2 is 1.89 bits per heavy atom. The summed E-state index contributed by atoms with van der Waals surface area (Å²) in [5.74, 6) is 0.316. The van der Waals surface area contributed by atoms with Crippen molar-refractivity contribution in [2.75, 3.05) is 40.0 Å². The van der Waals surface area contributed by atoms with E-state index in [-0.39, 0.29) is 5.56 Å². The second-order valence-electron chi connectivity index (χ2n) is 9.30. The largest absolute Gasteiger partial charge is 0.472 e. The first-order valence-corrected chi connectivity index (χ1v) is 12.9. The molecule has 6 rings (SSSR count). The van der Waals surface area contributed by atoms with Crippen LogP contribution >= 0.6 is 11.3 Å². The van der Waals surface area contributed by atoms with E-state index in [1.165, 1.54) is 4.88 Å². The number of pyridine rings is 3. The minimum atomic E-state index is -0.262. The lowest BCUT2D eigenvalue weighted by molar-refractivity contribution is 0.0755. The number of aromatic amines is 1. The number of aromatic nitrogens is 3. The molecule has 0 aliphatic carbocycles. The van der Waals surface area contributed by atoms with Crippen LogP contribution < -0.4 is 10.3 Å². The van der Waals surface area contributed by atoms with Crippen LogP contribution in [-0.4, -0.2) is 64.7 Å². The highest BCUT2D eigenvalue weighted by Crippen LogP contribution is 2.37. The summed E-state index contributed by atoms with van der Waals surface area (Å²) >= 11 is 1.69. The number of aryl methyl sites for hydroxylation is 1. The molecule has 0 spiro atoms. The molecule has 5 aromatic rings. The predicted octanol–water partition coefficient (Wildman–Crippen LogP) is 4.76. The number of hydrogen-bond donors (Lipinski definition) is 1. The van der Waals surface area contributed by atoms with Crippen LogP contribution in [0.4, 0.5) is 0 Å². The second kappa shape index (κ2) is 9.46. The van der Waals surface area contributed by atoms with E-state index in [0.717, 1.165) is 64.2 Å². The molecule has 0 saturated carbocycles. The van der Waals surface area contributed by atoms with Crippen molar-refractivity contribution >= 4 is 33.3 Å². The lowest BCUT2D eigenvalue weighted by Gasteiger charge is -2.31. The van der Waals surface area contributed by atoms with Gasteiger partial charge >= 0.3 is 0 Å². The fraction of sp³-hybridized carbons (Fsp3) is 0.250. The van der Waals surface area contributed by atoms with Crippen molar-refractivity contribution < 1.29 is 4.74 Å². The maximum Gasteiger partial charge on any atom is 0.291 e. The van der Waals surface area contributed by atoms with Crippen LogP contribution in [0.25, 0.3) is 43.6 Å². The summed E-state index contributed by atoms with van der Waals surface area (Å²) < 4.78 is 5.97. The van der Waals surface area contributed by atoms with Gasteiger partial charge in [-0.3, -0.25) is 14.7 Å². The van der Waals surface area contributed by atoms with Gasteiger partial charge in [0.15, 0.2) is 5.75 Å². The molecule has 7 nitrogen and oxygen atoms in total. The molecular formula is C28H27N5O2S. The SMILES string of the molecule is Cc1ccc(-c2nc3[nH]c(=O)c(OCN4CCN(C)CC4)cc3cc2-c2ccc3ncccc3c2)s1. The molecule has 4 aromatic heterocycles. The van der Waals surface area contributed by atoms with Crippen molar-refractivity contribution in [1.29, 1.82) is 0 Å². The summed E-state index contributed by atoms with van der Waals surface area (Å²) in [6.07, 6.45) is 1.81. The molecule has 0 atom stereocenters. The molecular weight excluding hydrogens is 470 g/mol. The Labute approximate surface area is 213 Å². The molecule has 0 radical (unpaired) electrons. The Morgan fingerprint density at radius 3 is 2.69 bits per heavy atom. The van der Waals surface area contributed by atoms with Crippen LogP contribution in [0.5, 0.6) is 5.75 Å². The highest BCUT2D eigenvalue weighted by molar-refractivity contribution is 7.15. The topological polar surface area (TPSA) is 74.4 Å². The van der Waals surface area contributed by atoms with Crippen LogP contribution in [-0.2, 0) is 0 Å². The molecule has 1 aromatic carbocycles. The standard InChI is InChI=1S/C28H27N5O2S/c1-18-5-8-25(36-18)26-22(19-6-7-23-20(14-19)4-3-9-29-23)15-21-16-24(28(34)31-27(21)30-26)35-17-33-12-10-32(2)11-13-33/h3-9,14-16H,10-13,17H2,1-2H3,(H,30,31,34). The first kappa shape index (κ1) is 22.8. The van der Waals surface area contributed by atoms with Crippen LogP contribution in [0.15, 0.2) is 65.6 Å². The number of piperazine rings is 1. The number of nitrogens with one attached hydrogen (secondary N) is 1. The summed E-state index contributed by atoms with van der Waals surface area (Å²) in [5.41, 5.74) is 4.16. The molecule has 1 fully saturated rings. The minimum Gasteiger partial charge on any atom is -0.472 e. The van der Waals surface area contributed by atoms with Crippen molar-refractivity contribution in [3.8, 4) is 27.4 Å². The molecule has 1 N–H and O–H groups in total. The van der Waals surface area contributed by atoms with Gasteiger partial charge in [0.05, 0.1) is 16.1 Å². The average Bonchev–Trinajstić information content (AvgIpc) is 3.33. The van der Waals surface area contributed by atoms with Crippen molar-refractivity contribution in [3.05, 3.63) is 76.0 Å². The third-order valence-corrected chi connectivity index (χ3v) is 7.69. The van der Waals surface area contributed by atoms with Crippen molar-refractivity contribution in [1.82, 2.24) is 24.8 Å². The Kier molecular flexibility index (Phi) is 6.00. The highest BCUT2D eigenvalue weighted by Gasteiger charge is 2.17. The number of likely N-dealkylation sites (N-methyl/N-ethyl adjacent to an activating group) is 1. The Morgan fingerprint density at radius 1 is 1.03 bits per heavy atom. The quantitative estimate of drug-likeness (QED) is 0.377. The summed E-state index contributed by atoms with van der Waals surface area (Å²) in [6.45, 7) is 6.32. The highest BCUT2D eigenvalue weighted by atomic mass is 32.1. The summed E-state index contributed by atoms with van der Waals surface area (Å²) in [4.78, 5) is 32.0. The Balaban J connectivity index is 1.43. The zero-order valence-electron chi connectivity index (χ0n) is 20.3. The Bertz CT molecular complexity index is 1620. The number of thiophene rings is 1. The predicted molar refractivity (Wildman–Crippen MR) is 146 cm³/mol. The number of H-pyrrole nitrogens is 1. The van der Waals surface area contributed by atoms with Gasteiger partial charge < -0.3 is 14.6 Å². The Hall–Kier alpha value is -3.59. The summed E-state index contributed by atoms with van der Waals surface area (Å²) in [6, 6.07) is 18.4. The van der Waals surface area contributed by atoms with Gasteiger partial charge in [-0.25, -0.2) is 4.98 Å². The molecule has 1 aliphatic rings. The van der Waals surface area contributed by atoms with Crippen molar-refractivity contribution in [3.63, 3.8) is 0 Å². The maximum absolute atomic E-state index is 12.9. The molecule has 0 bridgehead atoms. The number of hydrogen-bond acceptors (Lipinski definition) is 7. The first-order valence-electron chi connectivity index (χ1n) is 12.1. The van der Waals surface area contributed by atoms with Gasteiger partial charge in [-0.1, -0.05) is 12.1 Å². The third-order valence-electron chi connectivity index (χ3n) is 6.68. The summed E-state index contributed by atoms with van der Waals surface area (Å²) in [5, 5.41) is 1.90. The normalized spacial score (nSPS) is 15.1. The molecule has 1 aliphatic heterocycles. The van der Waals surface area contributed by atoms with Gasteiger partial charge in [-0.15, -0.1) is 11.3 Å². The lowest BCUT2D eigenvalue weighted by atomic mass is 9.99. The second-order valence-corrected chi connectivity index (χ2v) is 10.6. The zero-order chi connectivity index (χ0) is 24.6. The molecule has 5 heterocycles. The number of fused-ring (bicyclic) bond motifs is 2. The van der Waals surface area contributed by atoms with Crippen LogP contribution in [0.2, 0.25) is 0 Å². The van der Waals surface area contributed by atoms with Crippen molar-refractivity contribution in [2.45, 2.75) is 6.92 Å². The van der Waals surface area contributed by atoms with E-state index in [1.54, 1.807) is 17.5 Å². The van der Waals surface area contributed by atoms with Gasteiger partial charge in [0.25, 0.3) is 5.56 Å². The lowest BCUT2D eigenvalue weighted by Crippen LogP contribution is -2.45. The van der Waals surface area contributed by atoms with Crippen molar-refractivity contribution in [2.24, 2.45) is 0 Å². The van der Waals surface area contributed by atoms with Gasteiger partial charge in [0, 0.05) is 53.6 Å². The number of rotatable bonds is 5. The van der Waals surface area contributed by atoms with Crippen LogP contribution in [0.1, 0.15) is 4.88 Å². The van der Waals surface area contributed by atoms with Gasteiger partial charge in [-0.05, 0) is 62.0 Å². The molecule has 8 heteroatoms. The van der Waals surface area contributed by atoms with E-state index in [2.05, 4.69) is 70.1 Å². The number of benzene rings is 1. The van der Waals surface area contributed by atoms with E-state index in [4.69, 9.17) is 9.72 Å². The molecule has 182 valence electrons. The van der Waals surface area contributed by atoms with Crippen LogP contribution in [0.3, 0.4) is 0 Å². The first-order chi connectivity index (χ1) is 17.5. The van der Waals surface area contributed by atoms with Crippen LogP contribution in [0, 0.1) is 6.92 Å². The smallest absolute Gasteiger partial charge is 0.291 e. The summed E-state index contributed by atoms with van der Waals surface area (Å²) in [7, 11) is 2.12. The van der Waals surface area contributed by atoms with E-state index in [0.29, 0.717) is 18.1 Å². The number of ether oxygens (including phenoxy) is 1. The molecule has 1 saturated heterocycles. The monoisotopic (exact) mass is 497 g/mol. The van der Waals surface area contributed by atoms with Gasteiger partial charge in [0.1, 0.15) is 12.4 Å². The minimum absolute atomic E-state index is 0.262. The molecule has 36 heavy (non-hydrogen) atoms. The third kappa shape index (κ3) is 4.51. The zero-order valence-corrected chi connectivity index (χ0v) is 21.1. The average molecular weight is 498 g/mol. The number of nitrogens with zero attached hydrogens (tertiary/aromatic N) is 4. The van der Waals surface area contributed by atoms with Gasteiger partial charge in [-0.2, -0.15) is 0 Å². The van der Waals surface area contributed by atoms with E-state index in [9.17, 15) is 4.79 Å². The van der Waals surface area contributed by atoms with Gasteiger partial charge in [0.2, 0.25) is 0 Å². The molecule has 0 unspecified atom stereocenters. The fourth-order valence-corrected chi connectivity index (χ4v) is 5.44. The maximum atomic E-state index is 12.9. The van der Waals surface area contributed by atoms with E-state index in [1.807, 2.05) is 18.2 Å². The molecule has 0 amide bonds. The van der Waals surface area contributed by atoms with E-state index < -0.39 is 0 Å².